The molecule has 2 bridgehead atoms. The first-order chi connectivity index (χ1) is 18.1. The van der Waals surface area contributed by atoms with Crippen LogP contribution in [0.25, 0.3) is 6.08 Å². The van der Waals surface area contributed by atoms with E-state index in [1.165, 1.54) is 13.0 Å². The molecule has 206 valence electrons. The first-order valence-corrected chi connectivity index (χ1v) is 13.3. The van der Waals surface area contributed by atoms with E-state index in [-0.39, 0.29) is 18.4 Å². The molecule has 4 fully saturated rings. The summed E-state index contributed by atoms with van der Waals surface area (Å²) >= 11 is 0. The van der Waals surface area contributed by atoms with Crippen molar-refractivity contribution >= 4 is 35.4 Å². The molecule has 0 amide bonds. The van der Waals surface area contributed by atoms with Gasteiger partial charge in [0.1, 0.15) is 17.5 Å². The fourth-order valence-electron chi connectivity index (χ4n) is 8.82. The molecule has 0 saturated heterocycles. The van der Waals surface area contributed by atoms with Crippen LogP contribution in [0.5, 0.6) is 0 Å². The molecule has 1 N–H and O–H groups in total. The molecular formula is C31H34O8. The maximum absolute atomic E-state index is 14.7. The zero-order chi connectivity index (χ0) is 28.8. The van der Waals surface area contributed by atoms with Crippen molar-refractivity contribution in [2.75, 3.05) is 0 Å². The van der Waals surface area contributed by atoms with Gasteiger partial charge in [0.25, 0.3) is 0 Å². The fourth-order valence-corrected chi connectivity index (χ4v) is 8.82. The lowest BCUT2D eigenvalue weighted by Crippen LogP contribution is -2.65. The van der Waals surface area contributed by atoms with Crippen LogP contribution in [0.2, 0.25) is 0 Å². The van der Waals surface area contributed by atoms with Crippen LogP contribution in [0.3, 0.4) is 0 Å². The van der Waals surface area contributed by atoms with Crippen molar-refractivity contribution in [3.05, 3.63) is 54.1 Å². The second-order valence-electron chi connectivity index (χ2n) is 12.2. The first-order valence-electron chi connectivity index (χ1n) is 13.3. The molecule has 8 nitrogen and oxygen atoms in total. The predicted octanol–water partition coefficient (Wildman–Crippen LogP) is 3.40. The number of rotatable bonds is 4. The van der Waals surface area contributed by atoms with Crippen LogP contribution in [0.4, 0.5) is 0 Å². The third-order valence-electron chi connectivity index (χ3n) is 10.6. The zero-order valence-corrected chi connectivity index (χ0v) is 22.9. The summed E-state index contributed by atoms with van der Waals surface area (Å²) < 4.78 is 11.5. The minimum absolute atomic E-state index is 0.115. The molecule has 39 heavy (non-hydrogen) atoms. The van der Waals surface area contributed by atoms with E-state index < -0.39 is 81.1 Å². The van der Waals surface area contributed by atoms with Crippen LogP contribution < -0.4 is 0 Å². The molecule has 0 aliphatic heterocycles. The standard InChI is InChI=1S/C31H34O8/c1-17-21(33)16-29(37)26(36)31-18(2)22(39-23(34)13-12-20-10-8-7-9-11-20)14-15-28(31,6)24(35)25(38-19(3)32)30(17,31)27(29,4)5/h7-13,17,22,25,37H,2,14-16H2,1,3-6H3/b13-12+/t17-,22+,25+,28+,29-,30+,31-/m1/s1. The SMILES string of the molecule is C=C1[C@@H](OC(=O)/C=C/c2ccccc2)CC[C@@]2(C)C(=O)[C@H](OC(C)=O)[C@]34[C@H](C)C(=O)C[C@@](O)(C(=O)[C@@]132)C4(C)C. The van der Waals surface area contributed by atoms with Gasteiger partial charge in [-0.3, -0.25) is 19.2 Å². The highest BCUT2D eigenvalue weighted by Crippen LogP contribution is 2.84. The van der Waals surface area contributed by atoms with E-state index in [9.17, 15) is 29.1 Å². The van der Waals surface area contributed by atoms with E-state index in [1.807, 2.05) is 30.3 Å². The monoisotopic (exact) mass is 534 g/mol. The Hall–Kier alpha value is -3.39. The smallest absolute Gasteiger partial charge is 0.331 e. The average Bonchev–Trinajstić information content (AvgIpc) is 3.09. The van der Waals surface area contributed by atoms with Crippen molar-refractivity contribution in [2.24, 2.45) is 27.6 Å². The van der Waals surface area contributed by atoms with Gasteiger partial charge in [0.05, 0.1) is 5.41 Å². The Kier molecular flexibility index (Phi) is 5.79. The van der Waals surface area contributed by atoms with E-state index in [4.69, 9.17) is 9.47 Å². The number of fused-ring (bicyclic) bond motifs is 1. The summed E-state index contributed by atoms with van der Waals surface area (Å²) in [6.07, 6.45) is 0.359. The van der Waals surface area contributed by atoms with Crippen molar-refractivity contribution in [1.82, 2.24) is 0 Å². The van der Waals surface area contributed by atoms with Crippen molar-refractivity contribution < 1.29 is 38.6 Å². The number of aliphatic hydroxyl groups is 1. The molecule has 1 aromatic carbocycles. The summed E-state index contributed by atoms with van der Waals surface area (Å²) in [6, 6.07) is 9.19. The molecule has 1 aromatic rings. The van der Waals surface area contributed by atoms with Gasteiger partial charge in [-0.25, -0.2) is 4.79 Å². The summed E-state index contributed by atoms with van der Waals surface area (Å²) in [7, 11) is 0. The summed E-state index contributed by atoms with van der Waals surface area (Å²) in [4.78, 5) is 67.6. The normalized spacial score (nSPS) is 40.4. The molecule has 0 unspecified atom stereocenters. The highest BCUT2D eigenvalue weighted by Gasteiger charge is 2.95. The van der Waals surface area contributed by atoms with Crippen LogP contribution in [0, 0.1) is 27.6 Å². The fraction of sp³-hybridized carbons (Fsp3) is 0.516. The summed E-state index contributed by atoms with van der Waals surface area (Å²) in [5.74, 6) is -3.88. The lowest BCUT2D eigenvalue weighted by Gasteiger charge is -2.59. The molecule has 5 rings (SSSR count). The third kappa shape index (κ3) is 2.90. The third-order valence-corrected chi connectivity index (χ3v) is 10.6. The van der Waals surface area contributed by atoms with Crippen LogP contribution in [0.15, 0.2) is 48.6 Å². The predicted molar refractivity (Wildman–Crippen MR) is 140 cm³/mol. The largest absolute Gasteiger partial charge is 0.455 e. The van der Waals surface area contributed by atoms with Crippen LogP contribution in [-0.2, 0) is 33.4 Å². The van der Waals surface area contributed by atoms with Crippen molar-refractivity contribution in [3.8, 4) is 0 Å². The van der Waals surface area contributed by atoms with Gasteiger partial charge >= 0.3 is 11.9 Å². The molecule has 2 spiro atoms. The molecule has 0 heterocycles. The number of ether oxygens (including phenoxy) is 2. The van der Waals surface area contributed by atoms with Gasteiger partial charge in [0.15, 0.2) is 17.7 Å². The second-order valence-corrected chi connectivity index (χ2v) is 12.2. The van der Waals surface area contributed by atoms with Gasteiger partial charge in [0.2, 0.25) is 0 Å². The van der Waals surface area contributed by atoms with E-state index in [0.29, 0.717) is 0 Å². The number of esters is 2. The van der Waals surface area contributed by atoms with Crippen LogP contribution in [-0.4, -0.2) is 52.2 Å². The van der Waals surface area contributed by atoms with Gasteiger partial charge in [-0.15, -0.1) is 0 Å². The van der Waals surface area contributed by atoms with Crippen molar-refractivity contribution in [1.29, 1.82) is 0 Å². The molecule has 4 aliphatic rings. The number of benzene rings is 1. The summed E-state index contributed by atoms with van der Waals surface area (Å²) in [5.41, 5.74) is -7.39. The van der Waals surface area contributed by atoms with E-state index in [2.05, 4.69) is 6.58 Å². The van der Waals surface area contributed by atoms with Gasteiger partial charge < -0.3 is 14.6 Å². The number of carbonyl (C=O) groups is 5. The van der Waals surface area contributed by atoms with Gasteiger partial charge in [-0.2, -0.15) is 0 Å². The van der Waals surface area contributed by atoms with Crippen molar-refractivity contribution in [2.45, 2.75) is 71.7 Å². The average molecular weight is 535 g/mol. The Morgan fingerprint density at radius 2 is 1.72 bits per heavy atom. The lowest BCUT2D eigenvalue weighted by atomic mass is 9.42. The van der Waals surface area contributed by atoms with Crippen LogP contribution >= 0.6 is 0 Å². The number of hydrogen-bond acceptors (Lipinski definition) is 8. The van der Waals surface area contributed by atoms with Gasteiger partial charge in [-0.1, -0.05) is 64.6 Å². The Morgan fingerprint density at radius 1 is 1.08 bits per heavy atom. The second kappa shape index (κ2) is 8.31. The maximum Gasteiger partial charge on any atom is 0.331 e. The minimum Gasteiger partial charge on any atom is -0.455 e. The van der Waals surface area contributed by atoms with E-state index in [0.717, 1.165) is 5.56 Å². The summed E-state index contributed by atoms with van der Waals surface area (Å²) in [5, 5.41) is 12.0. The van der Waals surface area contributed by atoms with E-state index >= 15 is 0 Å². The lowest BCUT2D eigenvalue weighted by molar-refractivity contribution is -0.203. The maximum atomic E-state index is 14.7. The van der Waals surface area contributed by atoms with Crippen LogP contribution in [0.1, 0.15) is 59.4 Å². The van der Waals surface area contributed by atoms with Gasteiger partial charge in [0, 0.05) is 41.6 Å². The molecule has 4 aliphatic carbocycles. The first kappa shape index (κ1) is 27.2. The highest BCUT2D eigenvalue weighted by atomic mass is 16.6. The Bertz CT molecular complexity index is 1360. The van der Waals surface area contributed by atoms with E-state index in [1.54, 1.807) is 33.8 Å². The van der Waals surface area contributed by atoms with Gasteiger partial charge in [-0.05, 0) is 30.1 Å². The number of Topliss-reactive ketones (excluding diaryl/α,β-unsaturated/α-hetero) is 3. The molecule has 8 heteroatoms. The summed E-state index contributed by atoms with van der Waals surface area (Å²) in [6.45, 7) is 12.0. The number of carbonyl (C=O) groups excluding carboxylic acids is 5. The minimum atomic E-state index is -2.13. The number of ketones is 3. The molecular weight excluding hydrogens is 500 g/mol. The molecule has 0 aromatic heterocycles. The highest BCUT2D eigenvalue weighted by molar-refractivity contribution is 6.15. The Balaban J connectivity index is 1.67. The quantitative estimate of drug-likeness (QED) is 0.354. The Labute approximate surface area is 227 Å². The Morgan fingerprint density at radius 3 is 2.33 bits per heavy atom. The molecule has 4 saturated carbocycles. The topological polar surface area (TPSA) is 124 Å². The zero-order valence-electron chi connectivity index (χ0n) is 22.9. The number of hydrogen-bond donors (Lipinski definition) is 1. The van der Waals surface area contributed by atoms with Crippen molar-refractivity contribution in [3.63, 3.8) is 0 Å². The molecule has 0 radical (unpaired) electrons. The molecule has 7 atom stereocenters.